The maximum absolute atomic E-state index is 11.8. The number of primary amides is 1. The Labute approximate surface area is 194 Å². The first-order valence-corrected chi connectivity index (χ1v) is 10.9. The molecule has 0 aliphatic rings. The minimum absolute atomic E-state index is 0.455. The van der Waals surface area contributed by atoms with Crippen LogP contribution in [0.1, 0.15) is 15.9 Å². The van der Waals surface area contributed by atoms with Crippen LogP contribution in [-0.2, 0) is 0 Å². The molecule has 0 atom stereocenters. The van der Waals surface area contributed by atoms with Gasteiger partial charge in [0.05, 0.1) is 19.0 Å². The van der Waals surface area contributed by atoms with E-state index in [0.29, 0.717) is 21.5 Å². The molecule has 160 valence electrons. The average molecular weight is 463 g/mol. The van der Waals surface area contributed by atoms with Crippen LogP contribution < -0.4 is 15.9 Å². The Morgan fingerprint density at radius 3 is 2.62 bits per heavy atom. The first kappa shape index (κ1) is 21.5. The molecule has 4 aromatic rings. The predicted octanol–water partition coefficient (Wildman–Crippen LogP) is 5.68. The lowest BCUT2D eigenvalue weighted by Gasteiger charge is -2.10. The van der Waals surface area contributed by atoms with Gasteiger partial charge in [0.2, 0.25) is 11.0 Å². The molecule has 0 spiro atoms. The Bertz CT molecular complexity index is 1290. The monoisotopic (exact) mass is 462 g/mol. The zero-order chi connectivity index (χ0) is 22.5. The van der Waals surface area contributed by atoms with E-state index in [0.717, 1.165) is 27.9 Å². The number of benzene rings is 3. The van der Waals surface area contributed by atoms with Crippen molar-refractivity contribution in [2.45, 2.75) is 0 Å². The Morgan fingerprint density at radius 1 is 1.12 bits per heavy atom. The summed E-state index contributed by atoms with van der Waals surface area (Å²) in [5.41, 5.74) is 13.1. The molecule has 3 aromatic carbocycles. The first-order chi connectivity index (χ1) is 15.5. The number of ether oxygens (including phenoxy) is 1. The summed E-state index contributed by atoms with van der Waals surface area (Å²) in [6.45, 7) is 0. The molecule has 4 rings (SSSR count). The minimum atomic E-state index is -0.478. The minimum Gasteiger partial charge on any atom is -0.496 e. The van der Waals surface area contributed by atoms with Crippen LogP contribution in [0.3, 0.4) is 0 Å². The number of nitrogens with two attached hydrogens (primary N) is 1. The number of nitrogens with one attached hydrogen (secondary N) is 1. The number of amides is 1. The van der Waals surface area contributed by atoms with Crippen molar-refractivity contribution in [1.82, 2.24) is 4.98 Å². The van der Waals surface area contributed by atoms with Crippen molar-refractivity contribution in [3.63, 3.8) is 0 Å². The molecular formula is C24H19ClN4O2S. The van der Waals surface area contributed by atoms with Crippen LogP contribution in [-0.4, -0.2) is 24.2 Å². The Kier molecular flexibility index (Phi) is 6.49. The van der Waals surface area contributed by atoms with Gasteiger partial charge >= 0.3 is 0 Å². The van der Waals surface area contributed by atoms with Crippen molar-refractivity contribution in [3.8, 4) is 28.1 Å². The maximum atomic E-state index is 11.8. The highest BCUT2D eigenvalue weighted by molar-refractivity contribution is 7.14. The summed E-state index contributed by atoms with van der Waals surface area (Å²) in [6, 6.07) is 20.3. The number of hydrogen-bond acceptors (Lipinski definition) is 6. The quantitative estimate of drug-likeness (QED) is 0.273. The van der Waals surface area contributed by atoms with Crippen LogP contribution in [0.15, 0.2) is 77.2 Å². The predicted molar refractivity (Wildman–Crippen MR) is 131 cm³/mol. The van der Waals surface area contributed by atoms with Crippen molar-refractivity contribution in [2.75, 3.05) is 12.5 Å². The number of hydrogen-bond donors (Lipinski definition) is 2. The topological polar surface area (TPSA) is 89.6 Å². The number of anilines is 1. The molecule has 1 aromatic heterocycles. The number of nitrogens with zero attached hydrogens (tertiary/aromatic N) is 2. The second kappa shape index (κ2) is 9.64. The SMILES string of the molecule is COc1ccc(-c2ccccc2C(N)=O)cc1/C=N/Nc1nc(-c2ccc(Cl)cc2)cs1. The number of rotatable bonds is 7. The number of hydrazone groups is 1. The van der Waals surface area contributed by atoms with E-state index < -0.39 is 5.91 Å². The molecule has 0 saturated carbocycles. The van der Waals surface area contributed by atoms with Gasteiger partial charge in [-0.25, -0.2) is 4.98 Å². The van der Waals surface area contributed by atoms with Crippen molar-refractivity contribution in [3.05, 3.63) is 88.3 Å². The molecular weight excluding hydrogens is 444 g/mol. The van der Waals surface area contributed by atoms with Gasteiger partial charge in [-0.1, -0.05) is 48.0 Å². The zero-order valence-electron chi connectivity index (χ0n) is 17.1. The molecule has 8 heteroatoms. The number of carbonyl (C=O) groups is 1. The molecule has 0 unspecified atom stereocenters. The summed E-state index contributed by atoms with van der Waals surface area (Å²) >= 11 is 7.39. The second-order valence-corrected chi connectivity index (χ2v) is 8.08. The molecule has 0 saturated heterocycles. The lowest BCUT2D eigenvalue weighted by Crippen LogP contribution is -2.12. The van der Waals surface area contributed by atoms with Crippen LogP contribution in [0.2, 0.25) is 5.02 Å². The van der Waals surface area contributed by atoms with Gasteiger partial charge < -0.3 is 10.5 Å². The van der Waals surface area contributed by atoms with Crippen molar-refractivity contribution in [2.24, 2.45) is 10.8 Å². The fourth-order valence-electron chi connectivity index (χ4n) is 3.19. The molecule has 32 heavy (non-hydrogen) atoms. The van der Waals surface area contributed by atoms with E-state index in [9.17, 15) is 4.79 Å². The van der Waals surface area contributed by atoms with Gasteiger partial charge in [0.1, 0.15) is 5.75 Å². The highest BCUT2D eigenvalue weighted by Gasteiger charge is 2.11. The fraction of sp³-hybridized carbons (Fsp3) is 0.0417. The average Bonchev–Trinajstić information content (AvgIpc) is 3.28. The van der Waals surface area contributed by atoms with Crippen LogP contribution in [0.4, 0.5) is 5.13 Å². The summed E-state index contributed by atoms with van der Waals surface area (Å²) in [5, 5.41) is 7.60. The highest BCUT2D eigenvalue weighted by atomic mass is 35.5. The molecule has 0 aliphatic heterocycles. The van der Waals surface area contributed by atoms with Crippen LogP contribution >= 0.6 is 22.9 Å². The molecule has 1 heterocycles. The van der Waals surface area contributed by atoms with Crippen LogP contribution in [0, 0.1) is 0 Å². The van der Waals surface area contributed by atoms with Gasteiger partial charge in [-0.15, -0.1) is 11.3 Å². The number of methoxy groups -OCH3 is 1. The molecule has 0 aliphatic carbocycles. The summed E-state index contributed by atoms with van der Waals surface area (Å²) in [5.74, 6) is 0.172. The summed E-state index contributed by atoms with van der Waals surface area (Å²) in [7, 11) is 1.59. The first-order valence-electron chi connectivity index (χ1n) is 9.63. The number of thiazole rings is 1. The Balaban J connectivity index is 1.56. The van der Waals surface area contributed by atoms with E-state index >= 15 is 0 Å². The van der Waals surface area contributed by atoms with Gasteiger partial charge in [0, 0.05) is 27.1 Å². The molecule has 3 N–H and O–H groups in total. The summed E-state index contributed by atoms with van der Waals surface area (Å²) in [6.07, 6.45) is 1.65. The van der Waals surface area contributed by atoms with E-state index in [4.69, 9.17) is 22.1 Å². The van der Waals surface area contributed by atoms with E-state index in [2.05, 4.69) is 15.5 Å². The van der Waals surface area contributed by atoms with Gasteiger partial charge in [0.15, 0.2) is 0 Å². The number of carbonyl (C=O) groups excluding carboxylic acids is 1. The lowest BCUT2D eigenvalue weighted by molar-refractivity contribution is 0.100. The van der Waals surface area contributed by atoms with Gasteiger partial charge in [-0.05, 0) is 41.5 Å². The Hall–Kier alpha value is -3.68. The molecule has 0 bridgehead atoms. The fourth-order valence-corrected chi connectivity index (χ4v) is 3.98. The smallest absolute Gasteiger partial charge is 0.249 e. The number of halogens is 1. The summed E-state index contributed by atoms with van der Waals surface area (Å²) in [4.78, 5) is 16.4. The van der Waals surface area contributed by atoms with Crippen molar-refractivity contribution < 1.29 is 9.53 Å². The maximum Gasteiger partial charge on any atom is 0.249 e. The third-order valence-corrected chi connectivity index (χ3v) is 5.74. The van der Waals surface area contributed by atoms with Gasteiger partial charge in [-0.2, -0.15) is 5.10 Å². The molecule has 0 fully saturated rings. The van der Waals surface area contributed by atoms with Gasteiger partial charge in [0.25, 0.3) is 0 Å². The normalized spacial score (nSPS) is 10.9. The third-order valence-electron chi connectivity index (χ3n) is 4.74. The van der Waals surface area contributed by atoms with Crippen molar-refractivity contribution >= 4 is 40.2 Å². The van der Waals surface area contributed by atoms with Crippen molar-refractivity contribution in [1.29, 1.82) is 0 Å². The highest BCUT2D eigenvalue weighted by Crippen LogP contribution is 2.29. The molecule has 6 nitrogen and oxygen atoms in total. The second-order valence-electron chi connectivity index (χ2n) is 6.78. The van der Waals surface area contributed by atoms with Gasteiger partial charge in [-0.3, -0.25) is 10.2 Å². The zero-order valence-corrected chi connectivity index (χ0v) is 18.7. The third kappa shape index (κ3) is 4.80. The van der Waals surface area contributed by atoms with Crippen LogP contribution in [0.5, 0.6) is 5.75 Å². The largest absolute Gasteiger partial charge is 0.496 e. The van der Waals surface area contributed by atoms with Crippen LogP contribution in [0.25, 0.3) is 22.4 Å². The van der Waals surface area contributed by atoms with E-state index in [1.54, 1.807) is 25.5 Å². The van der Waals surface area contributed by atoms with E-state index in [1.165, 1.54) is 11.3 Å². The Morgan fingerprint density at radius 2 is 1.88 bits per heavy atom. The summed E-state index contributed by atoms with van der Waals surface area (Å²) < 4.78 is 5.45. The van der Waals surface area contributed by atoms with E-state index in [1.807, 2.05) is 60.0 Å². The van der Waals surface area contributed by atoms with E-state index in [-0.39, 0.29) is 0 Å². The lowest BCUT2D eigenvalue weighted by atomic mass is 9.97. The number of aromatic nitrogens is 1. The molecule has 1 amide bonds. The standard InChI is InChI=1S/C24H19ClN4O2S/c1-31-22-11-8-16(19-4-2-3-5-20(19)23(26)30)12-17(22)13-27-29-24-28-21(14-32-24)15-6-9-18(25)10-7-15/h2-14H,1H3,(H2,26,30)(H,28,29)/b27-13+. The molecule has 0 radical (unpaired) electrons.